The van der Waals surface area contributed by atoms with Gasteiger partial charge in [0.1, 0.15) is 6.54 Å². The minimum atomic E-state index is -0.240. The molecule has 0 spiro atoms. The molecule has 1 aromatic carbocycles. The maximum atomic E-state index is 10.9. The van der Waals surface area contributed by atoms with Crippen LogP contribution in [0.1, 0.15) is 17.5 Å². The fourth-order valence-electron chi connectivity index (χ4n) is 1.93. The van der Waals surface area contributed by atoms with Gasteiger partial charge in [-0.25, -0.2) is 0 Å². The summed E-state index contributed by atoms with van der Waals surface area (Å²) in [5.74, 6) is -0.240. The summed E-state index contributed by atoms with van der Waals surface area (Å²) in [5, 5.41) is 3.05. The van der Waals surface area contributed by atoms with E-state index in [1.54, 1.807) is 0 Å². The molecule has 0 atom stereocenters. The van der Waals surface area contributed by atoms with Gasteiger partial charge in [-0.05, 0) is 42.5 Å². The number of carbonyl (C=O) groups is 1. The van der Waals surface area contributed by atoms with Crippen molar-refractivity contribution < 1.29 is 9.53 Å². The molecule has 1 aliphatic rings. The summed E-state index contributed by atoms with van der Waals surface area (Å²) in [7, 11) is 1.40. The number of nitrogens with one attached hydrogen (secondary N) is 1. The smallest absolute Gasteiger partial charge is 0.325 e. The minimum Gasteiger partial charge on any atom is -0.468 e. The number of carbonyl (C=O) groups excluding carboxylic acids is 1. The van der Waals surface area contributed by atoms with Gasteiger partial charge in [-0.3, -0.25) is 4.79 Å². The van der Waals surface area contributed by atoms with Crippen molar-refractivity contribution in [3.8, 4) is 0 Å². The molecule has 0 radical (unpaired) electrons. The van der Waals surface area contributed by atoms with Crippen molar-refractivity contribution in [3.63, 3.8) is 0 Å². The highest BCUT2D eigenvalue weighted by Gasteiger charge is 2.10. The van der Waals surface area contributed by atoms with E-state index in [0.717, 1.165) is 12.1 Å². The topological polar surface area (TPSA) is 38.3 Å². The second-order valence-electron chi connectivity index (χ2n) is 3.77. The molecule has 0 amide bonds. The predicted molar refractivity (Wildman–Crippen MR) is 59.0 cm³/mol. The molecule has 1 aliphatic carbocycles. The lowest BCUT2D eigenvalue weighted by Gasteiger charge is -2.07. The lowest BCUT2D eigenvalue weighted by atomic mass is 10.1. The predicted octanol–water partition coefficient (Wildman–Crippen LogP) is 1.76. The molecule has 1 N–H and O–H groups in total. The fraction of sp³-hybridized carbons (Fsp3) is 0.417. The molecule has 15 heavy (non-hydrogen) atoms. The molecule has 1 aromatic rings. The van der Waals surface area contributed by atoms with E-state index in [1.165, 1.54) is 31.1 Å². The van der Waals surface area contributed by atoms with Crippen molar-refractivity contribution >= 4 is 11.7 Å². The fourth-order valence-corrected chi connectivity index (χ4v) is 1.93. The maximum absolute atomic E-state index is 10.9. The number of rotatable bonds is 3. The van der Waals surface area contributed by atoms with Crippen LogP contribution in [-0.2, 0) is 22.4 Å². The van der Waals surface area contributed by atoms with Crippen LogP contribution >= 0.6 is 0 Å². The second kappa shape index (κ2) is 4.34. The van der Waals surface area contributed by atoms with Crippen LogP contribution in [-0.4, -0.2) is 19.6 Å². The van der Waals surface area contributed by atoms with Crippen LogP contribution < -0.4 is 5.32 Å². The first-order valence-electron chi connectivity index (χ1n) is 5.22. The lowest BCUT2D eigenvalue weighted by molar-refractivity contribution is -0.138. The molecule has 3 heteroatoms. The van der Waals surface area contributed by atoms with E-state index in [0.29, 0.717) is 0 Å². The lowest BCUT2D eigenvalue weighted by Crippen LogP contribution is -2.14. The van der Waals surface area contributed by atoms with Crippen molar-refractivity contribution in [3.05, 3.63) is 29.3 Å². The van der Waals surface area contributed by atoms with E-state index in [9.17, 15) is 4.79 Å². The number of ether oxygens (including phenoxy) is 1. The number of hydrogen-bond acceptors (Lipinski definition) is 3. The van der Waals surface area contributed by atoms with E-state index in [-0.39, 0.29) is 12.5 Å². The van der Waals surface area contributed by atoms with E-state index in [2.05, 4.69) is 22.2 Å². The molecule has 0 saturated heterocycles. The molecule has 0 fully saturated rings. The number of hydrogen-bond donors (Lipinski definition) is 1. The molecule has 0 bridgehead atoms. The molecular weight excluding hydrogens is 190 g/mol. The van der Waals surface area contributed by atoms with Gasteiger partial charge in [-0.1, -0.05) is 6.07 Å². The highest BCUT2D eigenvalue weighted by molar-refractivity contribution is 5.74. The zero-order valence-electron chi connectivity index (χ0n) is 8.88. The molecule has 0 aromatic heterocycles. The van der Waals surface area contributed by atoms with Crippen LogP contribution in [0.2, 0.25) is 0 Å². The Labute approximate surface area is 89.4 Å². The average molecular weight is 205 g/mol. The van der Waals surface area contributed by atoms with Gasteiger partial charge in [0.2, 0.25) is 0 Å². The highest BCUT2D eigenvalue weighted by Crippen LogP contribution is 2.24. The first-order valence-corrected chi connectivity index (χ1v) is 5.22. The third-order valence-corrected chi connectivity index (χ3v) is 2.76. The molecule has 2 rings (SSSR count). The monoisotopic (exact) mass is 205 g/mol. The molecule has 0 saturated carbocycles. The van der Waals surface area contributed by atoms with Gasteiger partial charge in [-0.2, -0.15) is 0 Å². The Hall–Kier alpha value is -1.51. The summed E-state index contributed by atoms with van der Waals surface area (Å²) in [5.41, 5.74) is 3.85. The Morgan fingerprint density at radius 2 is 2.20 bits per heavy atom. The zero-order valence-corrected chi connectivity index (χ0v) is 8.88. The van der Waals surface area contributed by atoms with Crippen LogP contribution in [0.25, 0.3) is 0 Å². The van der Waals surface area contributed by atoms with Gasteiger partial charge in [0.15, 0.2) is 0 Å². The SMILES string of the molecule is COC(=O)CNc1ccc2c(c1)CCC2. The highest BCUT2D eigenvalue weighted by atomic mass is 16.5. The quantitative estimate of drug-likeness (QED) is 0.764. The minimum absolute atomic E-state index is 0.231. The summed E-state index contributed by atoms with van der Waals surface area (Å²) >= 11 is 0. The van der Waals surface area contributed by atoms with Crippen LogP contribution in [0.15, 0.2) is 18.2 Å². The normalized spacial score (nSPS) is 13.4. The summed E-state index contributed by atoms with van der Waals surface area (Å²) in [6.45, 7) is 0.231. The molecular formula is C12H15NO2. The number of aryl methyl sites for hydroxylation is 2. The van der Waals surface area contributed by atoms with E-state index in [4.69, 9.17) is 0 Å². The molecule has 0 heterocycles. The van der Waals surface area contributed by atoms with Crippen LogP contribution in [0.5, 0.6) is 0 Å². The van der Waals surface area contributed by atoms with Crippen molar-refractivity contribution in [2.45, 2.75) is 19.3 Å². The average Bonchev–Trinajstić information content (AvgIpc) is 2.72. The first kappa shape index (κ1) is 10.0. The van der Waals surface area contributed by atoms with Gasteiger partial charge in [-0.15, -0.1) is 0 Å². The Morgan fingerprint density at radius 3 is 3.00 bits per heavy atom. The van der Waals surface area contributed by atoms with Crippen LogP contribution in [0.4, 0.5) is 5.69 Å². The van der Waals surface area contributed by atoms with Crippen molar-refractivity contribution in [2.75, 3.05) is 19.0 Å². The standard InChI is InChI=1S/C12H15NO2/c1-15-12(14)8-13-11-6-5-9-3-2-4-10(9)7-11/h5-7,13H,2-4,8H2,1H3. The van der Waals surface area contributed by atoms with Crippen molar-refractivity contribution in [2.24, 2.45) is 0 Å². The molecule has 0 aliphatic heterocycles. The largest absolute Gasteiger partial charge is 0.468 e. The third kappa shape index (κ3) is 2.29. The maximum Gasteiger partial charge on any atom is 0.325 e. The third-order valence-electron chi connectivity index (χ3n) is 2.76. The van der Waals surface area contributed by atoms with Gasteiger partial charge < -0.3 is 10.1 Å². The number of methoxy groups -OCH3 is 1. The second-order valence-corrected chi connectivity index (χ2v) is 3.77. The summed E-state index contributed by atoms with van der Waals surface area (Å²) in [6, 6.07) is 6.29. The van der Waals surface area contributed by atoms with Gasteiger partial charge in [0, 0.05) is 5.69 Å². The summed E-state index contributed by atoms with van der Waals surface area (Å²) in [4.78, 5) is 10.9. The summed E-state index contributed by atoms with van der Waals surface area (Å²) in [6.07, 6.45) is 3.59. The summed E-state index contributed by atoms with van der Waals surface area (Å²) < 4.78 is 4.56. The molecule has 80 valence electrons. The zero-order chi connectivity index (χ0) is 10.7. The van der Waals surface area contributed by atoms with Gasteiger partial charge >= 0.3 is 5.97 Å². The van der Waals surface area contributed by atoms with Crippen LogP contribution in [0.3, 0.4) is 0 Å². The van der Waals surface area contributed by atoms with Crippen molar-refractivity contribution in [1.82, 2.24) is 0 Å². The molecule has 3 nitrogen and oxygen atoms in total. The number of benzene rings is 1. The Morgan fingerprint density at radius 1 is 1.40 bits per heavy atom. The van der Waals surface area contributed by atoms with Crippen molar-refractivity contribution in [1.29, 1.82) is 0 Å². The van der Waals surface area contributed by atoms with E-state index >= 15 is 0 Å². The Kier molecular flexibility index (Phi) is 2.90. The Balaban J connectivity index is 2.01. The number of anilines is 1. The van der Waals surface area contributed by atoms with Gasteiger partial charge in [0.25, 0.3) is 0 Å². The van der Waals surface area contributed by atoms with Crippen LogP contribution in [0, 0.1) is 0 Å². The van der Waals surface area contributed by atoms with E-state index < -0.39 is 0 Å². The molecule has 0 unspecified atom stereocenters. The number of fused-ring (bicyclic) bond motifs is 1. The number of esters is 1. The van der Waals surface area contributed by atoms with Gasteiger partial charge in [0.05, 0.1) is 7.11 Å². The first-order chi connectivity index (χ1) is 7.29. The van der Waals surface area contributed by atoms with E-state index in [1.807, 2.05) is 6.07 Å². The Bertz CT molecular complexity index is 374.